The maximum absolute atomic E-state index is 11.9. The molecule has 0 N–H and O–H groups in total. The summed E-state index contributed by atoms with van der Waals surface area (Å²) in [5, 5.41) is 9.17. The molecule has 0 amide bonds. The Morgan fingerprint density at radius 3 is 2.88 bits per heavy atom. The third kappa shape index (κ3) is 3.88. The number of hydrogen-bond donors (Lipinski definition) is 0. The van der Waals surface area contributed by atoms with Crippen LogP contribution in [-0.2, 0) is 9.53 Å². The molecule has 0 fully saturated rings. The van der Waals surface area contributed by atoms with E-state index in [0.29, 0.717) is 28.4 Å². The number of esters is 1. The first-order valence-electron chi connectivity index (χ1n) is 7.68. The van der Waals surface area contributed by atoms with Crippen molar-refractivity contribution in [3.05, 3.63) is 47.7 Å². The highest BCUT2D eigenvalue weighted by Crippen LogP contribution is 2.31. The average molecular weight is 378 g/mol. The highest BCUT2D eigenvalue weighted by atomic mass is 35.5. The van der Waals surface area contributed by atoms with Crippen LogP contribution in [0.4, 0.5) is 0 Å². The highest BCUT2D eigenvalue weighted by Gasteiger charge is 2.23. The van der Waals surface area contributed by atoms with Crippen LogP contribution in [0.15, 0.2) is 52.2 Å². The lowest BCUT2D eigenvalue weighted by molar-refractivity contribution is -0.142. The number of hydrogen-bond acceptors (Lipinski definition) is 6. The number of halogens is 1. The van der Waals surface area contributed by atoms with Crippen LogP contribution in [0.1, 0.15) is 13.8 Å². The molecule has 0 saturated carbocycles. The first-order chi connectivity index (χ1) is 12.1. The van der Waals surface area contributed by atoms with Crippen molar-refractivity contribution in [1.82, 2.24) is 14.8 Å². The predicted molar refractivity (Wildman–Crippen MR) is 96.0 cm³/mol. The Balaban J connectivity index is 2.03. The van der Waals surface area contributed by atoms with Crippen LogP contribution < -0.4 is 0 Å². The molecule has 6 nitrogen and oxygen atoms in total. The van der Waals surface area contributed by atoms with E-state index in [-0.39, 0.29) is 5.97 Å². The standard InChI is InChI=1S/C17H16ClN3O3S/c1-3-23-16(22)11(2)25-17-20-19-15(14-8-5-9-24-14)21(17)13-7-4-6-12(18)10-13/h4-11H,3H2,1-2H3/t11-/m1/s1. The number of aromatic nitrogens is 3. The van der Waals surface area contributed by atoms with E-state index in [9.17, 15) is 4.79 Å². The molecule has 8 heteroatoms. The molecule has 0 saturated heterocycles. The van der Waals surface area contributed by atoms with Gasteiger partial charge in [-0.3, -0.25) is 9.36 Å². The van der Waals surface area contributed by atoms with Gasteiger partial charge in [0.05, 0.1) is 18.6 Å². The highest BCUT2D eigenvalue weighted by molar-refractivity contribution is 8.00. The largest absolute Gasteiger partial charge is 0.465 e. The summed E-state index contributed by atoms with van der Waals surface area (Å²) < 4.78 is 12.3. The van der Waals surface area contributed by atoms with E-state index in [2.05, 4.69) is 10.2 Å². The van der Waals surface area contributed by atoms with E-state index in [4.69, 9.17) is 20.8 Å². The molecule has 1 atom stereocenters. The minimum atomic E-state index is -0.425. The molecule has 0 radical (unpaired) electrons. The van der Waals surface area contributed by atoms with E-state index >= 15 is 0 Å². The Bertz CT molecular complexity index is 864. The zero-order chi connectivity index (χ0) is 17.8. The summed E-state index contributed by atoms with van der Waals surface area (Å²) in [7, 11) is 0. The molecule has 3 aromatic rings. The monoisotopic (exact) mass is 377 g/mol. The van der Waals surface area contributed by atoms with Crippen LogP contribution in [0.5, 0.6) is 0 Å². The molecule has 0 aliphatic heterocycles. The van der Waals surface area contributed by atoms with Crippen molar-refractivity contribution in [3.63, 3.8) is 0 Å². The third-order valence-electron chi connectivity index (χ3n) is 3.34. The van der Waals surface area contributed by atoms with Crippen LogP contribution in [0.3, 0.4) is 0 Å². The molecule has 130 valence electrons. The quantitative estimate of drug-likeness (QED) is 0.473. The van der Waals surface area contributed by atoms with Crippen LogP contribution in [-0.4, -0.2) is 32.6 Å². The molecule has 0 aliphatic rings. The van der Waals surface area contributed by atoms with Crippen molar-refractivity contribution in [2.75, 3.05) is 6.61 Å². The maximum atomic E-state index is 11.9. The molecule has 0 unspecified atom stereocenters. The number of carbonyl (C=O) groups is 1. The van der Waals surface area contributed by atoms with Gasteiger partial charge in [-0.1, -0.05) is 29.4 Å². The Hall–Kier alpha value is -2.25. The number of ether oxygens (including phenoxy) is 1. The molecule has 25 heavy (non-hydrogen) atoms. The van der Waals surface area contributed by atoms with Crippen molar-refractivity contribution in [2.24, 2.45) is 0 Å². The molecule has 0 bridgehead atoms. The topological polar surface area (TPSA) is 70.2 Å². The summed E-state index contributed by atoms with van der Waals surface area (Å²) in [4.78, 5) is 11.9. The Kier molecular flexibility index (Phi) is 5.45. The molecular formula is C17H16ClN3O3S. The summed E-state index contributed by atoms with van der Waals surface area (Å²) in [6.45, 7) is 3.88. The van der Waals surface area contributed by atoms with Gasteiger partial charge in [-0.25, -0.2) is 0 Å². The van der Waals surface area contributed by atoms with Gasteiger partial charge in [0, 0.05) is 5.02 Å². The van der Waals surface area contributed by atoms with Gasteiger partial charge < -0.3 is 9.15 Å². The van der Waals surface area contributed by atoms with Gasteiger partial charge in [-0.2, -0.15) is 0 Å². The molecule has 0 aliphatic carbocycles. The summed E-state index contributed by atoms with van der Waals surface area (Å²) >= 11 is 7.40. The summed E-state index contributed by atoms with van der Waals surface area (Å²) in [5.41, 5.74) is 0.780. The first kappa shape index (κ1) is 17.6. The minimum absolute atomic E-state index is 0.298. The van der Waals surface area contributed by atoms with Crippen molar-refractivity contribution in [2.45, 2.75) is 24.3 Å². The summed E-state index contributed by atoms with van der Waals surface area (Å²) in [6.07, 6.45) is 1.57. The van der Waals surface area contributed by atoms with Gasteiger partial charge in [0.15, 0.2) is 10.9 Å². The van der Waals surface area contributed by atoms with Gasteiger partial charge in [0.25, 0.3) is 0 Å². The Morgan fingerprint density at radius 2 is 2.20 bits per heavy atom. The van der Waals surface area contributed by atoms with Crippen LogP contribution in [0.25, 0.3) is 17.3 Å². The van der Waals surface area contributed by atoms with E-state index < -0.39 is 5.25 Å². The van der Waals surface area contributed by atoms with Crippen LogP contribution in [0, 0.1) is 0 Å². The van der Waals surface area contributed by atoms with Gasteiger partial charge in [-0.15, -0.1) is 10.2 Å². The van der Waals surface area contributed by atoms with Crippen molar-refractivity contribution in [1.29, 1.82) is 0 Å². The van der Waals surface area contributed by atoms with E-state index in [0.717, 1.165) is 5.69 Å². The fourth-order valence-electron chi connectivity index (χ4n) is 2.23. The average Bonchev–Trinajstić information content (AvgIpc) is 3.24. The second-order valence-corrected chi connectivity index (χ2v) is 6.86. The number of thioether (sulfide) groups is 1. The Labute approximate surface area is 154 Å². The zero-order valence-corrected chi connectivity index (χ0v) is 15.3. The second-order valence-electron chi connectivity index (χ2n) is 5.11. The smallest absolute Gasteiger partial charge is 0.319 e. The molecule has 3 rings (SSSR count). The second kappa shape index (κ2) is 7.76. The van der Waals surface area contributed by atoms with Gasteiger partial charge >= 0.3 is 5.97 Å². The van der Waals surface area contributed by atoms with E-state index in [1.807, 2.05) is 16.7 Å². The van der Waals surface area contributed by atoms with Crippen molar-refractivity contribution in [3.8, 4) is 17.3 Å². The van der Waals surface area contributed by atoms with E-state index in [1.165, 1.54) is 11.8 Å². The fourth-order valence-corrected chi connectivity index (χ4v) is 3.28. The lowest BCUT2D eigenvalue weighted by atomic mass is 10.3. The lowest BCUT2D eigenvalue weighted by Crippen LogP contribution is -2.17. The number of rotatable bonds is 6. The zero-order valence-electron chi connectivity index (χ0n) is 13.7. The summed E-state index contributed by atoms with van der Waals surface area (Å²) in [5.74, 6) is 0.807. The van der Waals surface area contributed by atoms with E-state index in [1.54, 1.807) is 44.4 Å². The lowest BCUT2D eigenvalue weighted by Gasteiger charge is -2.12. The molecule has 1 aromatic carbocycles. The molecule has 2 aromatic heterocycles. The van der Waals surface area contributed by atoms with Crippen molar-refractivity contribution >= 4 is 29.3 Å². The van der Waals surface area contributed by atoms with Crippen LogP contribution >= 0.6 is 23.4 Å². The Morgan fingerprint density at radius 1 is 1.36 bits per heavy atom. The minimum Gasteiger partial charge on any atom is -0.465 e. The van der Waals surface area contributed by atoms with Crippen LogP contribution in [0.2, 0.25) is 5.02 Å². The summed E-state index contributed by atoms with van der Waals surface area (Å²) in [6, 6.07) is 10.9. The first-order valence-corrected chi connectivity index (χ1v) is 8.94. The molecule has 2 heterocycles. The van der Waals surface area contributed by atoms with Gasteiger partial charge in [0.1, 0.15) is 5.25 Å². The molecule has 0 spiro atoms. The normalized spacial score (nSPS) is 12.1. The van der Waals surface area contributed by atoms with Crippen molar-refractivity contribution < 1.29 is 13.9 Å². The number of furan rings is 1. The number of carbonyl (C=O) groups excluding carboxylic acids is 1. The maximum Gasteiger partial charge on any atom is 0.319 e. The third-order valence-corrected chi connectivity index (χ3v) is 4.60. The number of nitrogens with zero attached hydrogens (tertiary/aromatic N) is 3. The van der Waals surface area contributed by atoms with Gasteiger partial charge in [0.2, 0.25) is 5.82 Å². The predicted octanol–water partition coefficient (Wildman–Crippen LogP) is 4.22. The number of benzene rings is 1. The molecular weight excluding hydrogens is 362 g/mol. The van der Waals surface area contributed by atoms with Gasteiger partial charge in [-0.05, 0) is 44.2 Å². The fraction of sp³-hybridized carbons (Fsp3) is 0.235. The SMILES string of the molecule is CCOC(=O)[C@@H](C)Sc1nnc(-c2ccco2)n1-c1cccc(Cl)c1.